The van der Waals surface area contributed by atoms with Gasteiger partial charge in [0.2, 0.25) is 0 Å². The maximum atomic E-state index is 12.8. The number of anilines is 1. The molecular weight excluding hydrogens is 350 g/mol. The molecule has 0 saturated carbocycles. The third-order valence-electron chi connectivity index (χ3n) is 4.38. The summed E-state index contributed by atoms with van der Waals surface area (Å²) in [7, 11) is 0. The Balaban J connectivity index is 1.71. The molecule has 3 aromatic carbocycles. The van der Waals surface area contributed by atoms with E-state index in [1.54, 1.807) is 36.4 Å². The zero-order valence-corrected chi connectivity index (χ0v) is 16.0. The first-order chi connectivity index (χ1) is 13.6. The average molecular weight is 373 g/mol. The van der Waals surface area contributed by atoms with Gasteiger partial charge in [0.05, 0.1) is 5.69 Å². The molecule has 0 spiro atoms. The lowest BCUT2D eigenvalue weighted by atomic mass is 10.0. The molecule has 4 heteroatoms. The van der Waals surface area contributed by atoms with Crippen LogP contribution in [0, 0.1) is 0 Å². The Kier molecular flexibility index (Phi) is 6.22. The maximum absolute atomic E-state index is 12.8. The first-order valence-electron chi connectivity index (χ1n) is 9.26. The number of ether oxygens (including phenoxy) is 1. The smallest absolute Gasteiger partial charge is 0.262 e. The van der Waals surface area contributed by atoms with Crippen molar-refractivity contribution in [2.75, 3.05) is 11.9 Å². The highest BCUT2D eigenvalue weighted by atomic mass is 16.5. The molecule has 142 valence electrons. The second-order valence-corrected chi connectivity index (χ2v) is 6.77. The van der Waals surface area contributed by atoms with Crippen LogP contribution in [0.5, 0.6) is 5.75 Å². The summed E-state index contributed by atoms with van der Waals surface area (Å²) in [4.78, 5) is 25.2. The Bertz CT molecular complexity index is 964. The van der Waals surface area contributed by atoms with Gasteiger partial charge in [-0.15, -0.1) is 0 Å². The maximum Gasteiger partial charge on any atom is 0.262 e. The van der Waals surface area contributed by atoms with E-state index >= 15 is 0 Å². The van der Waals surface area contributed by atoms with E-state index in [2.05, 4.69) is 19.2 Å². The van der Waals surface area contributed by atoms with Gasteiger partial charge >= 0.3 is 0 Å². The lowest BCUT2D eigenvalue weighted by Crippen LogP contribution is -2.22. The molecule has 1 N–H and O–H groups in total. The zero-order chi connectivity index (χ0) is 19.9. The minimum atomic E-state index is -0.313. The van der Waals surface area contributed by atoms with Gasteiger partial charge in [-0.1, -0.05) is 74.5 Å². The molecule has 0 bridgehead atoms. The Morgan fingerprint density at radius 1 is 0.857 bits per heavy atom. The number of nitrogens with one attached hydrogen (secondary N) is 1. The van der Waals surface area contributed by atoms with Gasteiger partial charge in [-0.05, 0) is 29.7 Å². The van der Waals surface area contributed by atoms with Crippen LogP contribution in [0.15, 0.2) is 78.9 Å². The Labute approximate surface area is 165 Å². The van der Waals surface area contributed by atoms with E-state index in [1.165, 1.54) is 0 Å². The molecule has 0 aliphatic heterocycles. The van der Waals surface area contributed by atoms with Crippen LogP contribution in [-0.2, 0) is 4.79 Å². The van der Waals surface area contributed by atoms with E-state index in [-0.39, 0.29) is 18.3 Å². The lowest BCUT2D eigenvalue weighted by Gasteiger charge is -2.14. The average Bonchev–Trinajstić information content (AvgIpc) is 2.73. The number of carbonyl (C=O) groups is 2. The van der Waals surface area contributed by atoms with Crippen LogP contribution >= 0.6 is 0 Å². The number of hydrogen-bond donors (Lipinski definition) is 1. The summed E-state index contributed by atoms with van der Waals surface area (Å²) in [5.74, 6) is 0.541. The largest absolute Gasteiger partial charge is 0.483 e. The van der Waals surface area contributed by atoms with E-state index < -0.39 is 0 Å². The molecule has 0 atom stereocenters. The van der Waals surface area contributed by atoms with Crippen LogP contribution in [0.4, 0.5) is 5.69 Å². The Morgan fingerprint density at radius 3 is 2.25 bits per heavy atom. The summed E-state index contributed by atoms with van der Waals surface area (Å²) in [6.07, 6.45) is 0. The molecule has 3 rings (SSSR count). The summed E-state index contributed by atoms with van der Waals surface area (Å²) >= 11 is 0. The number of ketones is 1. The molecule has 4 nitrogen and oxygen atoms in total. The third kappa shape index (κ3) is 4.65. The molecule has 0 unspecified atom stereocenters. The fraction of sp³-hybridized carbons (Fsp3) is 0.167. The van der Waals surface area contributed by atoms with E-state index in [1.807, 2.05) is 42.5 Å². The van der Waals surface area contributed by atoms with Gasteiger partial charge < -0.3 is 10.1 Å². The van der Waals surface area contributed by atoms with Crippen molar-refractivity contribution < 1.29 is 14.3 Å². The molecular formula is C24H23NO3. The number of carbonyl (C=O) groups excluding carboxylic acids is 2. The van der Waals surface area contributed by atoms with Crippen LogP contribution in [0.3, 0.4) is 0 Å². The summed E-state index contributed by atoms with van der Waals surface area (Å²) in [6.45, 7) is 4.03. The van der Waals surface area contributed by atoms with Gasteiger partial charge in [0.1, 0.15) is 5.75 Å². The molecule has 1 amide bonds. The normalized spacial score (nSPS) is 10.5. The molecule has 3 aromatic rings. The first kappa shape index (κ1) is 19.4. The number of benzene rings is 3. The zero-order valence-electron chi connectivity index (χ0n) is 16.0. The van der Waals surface area contributed by atoms with Crippen molar-refractivity contribution in [3.63, 3.8) is 0 Å². The minimum Gasteiger partial charge on any atom is -0.483 e. The van der Waals surface area contributed by atoms with Crippen LogP contribution < -0.4 is 10.1 Å². The van der Waals surface area contributed by atoms with E-state index in [4.69, 9.17) is 4.74 Å². The van der Waals surface area contributed by atoms with Crippen molar-refractivity contribution in [2.45, 2.75) is 19.8 Å². The van der Waals surface area contributed by atoms with Crippen molar-refractivity contribution in [1.82, 2.24) is 0 Å². The van der Waals surface area contributed by atoms with Crippen molar-refractivity contribution in [3.05, 3.63) is 95.6 Å². The second kappa shape index (κ2) is 9.00. The van der Waals surface area contributed by atoms with Crippen LogP contribution in [0.1, 0.15) is 41.3 Å². The van der Waals surface area contributed by atoms with Crippen molar-refractivity contribution in [2.24, 2.45) is 0 Å². The van der Waals surface area contributed by atoms with Crippen molar-refractivity contribution >= 4 is 17.4 Å². The molecule has 0 aliphatic carbocycles. The summed E-state index contributed by atoms with van der Waals surface area (Å²) in [5, 5.41) is 2.80. The number of amides is 1. The van der Waals surface area contributed by atoms with Gasteiger partial charge in [0, 0.05) is 11.1 Å². The predicted molar refractivity (Wildman–Crippen MR) is 111 cm³/mol. The highest BCUT2D eigenvalue weighted by molar-refractivity contribution is 6.13. The highest BCUT2D eigenvalue weighted by Crippen LogP contribution is 2.26. The van der Waals surface area contributed by atoms with Gasteiger partial charge in [-0.25, -0.2) is 0 Å². The molecule has 0 aromatic heterocycles. The van der Waals surface area contributed by atoms with E-state index in [0.29, 0.717) is 28.5 Å². The molecule has 0 saturated heterocycles. The quantitative estimate of drug-likeness (QED) is 0.589. The third-order valence-corrected chi connectivity index (χ3v) is 4.38. The second-order valence-electron chi connectivity index (χ2n) is 6.77. The van der Waals surface area contributed by atoms with Crippen molar-refractivity contribution in [3.8, 4) is 5.75 Å². The SMILES string of the molecule is CC(C)c1ccccc1OCC(=O)Nc1ccccc1C(=O)c1ccccc1. The Hall–Kier alpha value is -3.40. The van der Waals surface area contributed by atoms with E-state index in [9.17, 15) is 9.59 Å². The van der Waals surface area contributed by atoms with Gasteiger partial charge in [0.25, 0.3) is 5.91 Å². The highest BCUT2D eigenvalue weighted by Gasteiger charge is 2.15. The topological polar surface area (TPSA) is 55.4 Å². The standard InChI is InChI=1S/C24H23NO3/c1-17(2)19-12-7-9-15-22(19)28-16-23(26)25-21-14-8-6-13-20(21)24(27)18-10-4-3-5-11-18/h3-15,17H,16H2,1-2H3,(H,25,26). The van der Waals surface area contributed by atoms with Gasteiger partial charge in [0.15, 0.2) is 12.4 Å². The fourth-order valence-electron chi connectivity index (χ4n) is 2.95. The number of rotatable bonds is 7. The van der Waals surface area contributed by atoms with E-state index in [0.717, 1.165) is 5.56 Å². The van der Waals surface area contributed by atoms with Gasteiger partial charge in [-0.2, -0.15) is 0 Å². The predicted octanol–water partition coefficient (Wildman–Crippen LogP) is 5.06. The first-order valence-corrected chi connectivity index (χ1v) is 9.26. The molecule has 0 aliphatic rings. The van der Waals surface area contributed by atoms with Crippen LogP contribution in [0.2, 0.25) is 0 Å². The Morgan fingerprint density at radius 2 is 1.50 bits per heavy atom. The fourth-order valence-corrected chi connectivity index (χ4v) is 2.95. The summed E-state index contributed by atoms with van der Waals surface area (Å²) in [5.41, 5.74) is 2.55. The molecule has 0 heterocycles. The molecule has 28 heavy (non-hydrogen) atoms. The number of hydrogen-bond acceptors (Lipinski definition) is 3. The number of para-hydroxylation sites is 2. The summed E-state index contributed by atoms with van der Waals surface area (Å²) < 4.78 is 5.72. The lowest BCUT2D eigenvalue weighted by molar-refractivity contribution is -0.118. The minimum absolute atomic E-state index is 0.127. The molecule has 0 radical (unpaired) electrons. The van der Waals surface area contributed by atoms with Crippen LogP contribution in [0.25, 0.3) is 0 Å². The molecule has 0 fully saturated rings. The van der Waals surface area contributed by atoms with Crippen LogP contribution in [-0.4, -0.2) is 18.3 Å². The summed E-state index contributed by atoms with van der Waals surface area (Å²) in [6, 6.07) is 23.7. The van der Waals surface area contributed by atoms with Gasteiger partial charge in [-0.3, -0.25) is 9.59 Å². The van der Waals surface area contributed by atoms with Crippen molar-refractivity contribution in [1.29, 1.82) is 0 Å². The monoisotopic (exact) mass is 373 g/mol.